The van der Waals surface area contributed by atoms with Crippen LogP contribution in [-0.4, -0.2) is 40.0 Å². The molecule has 0 saturated carbocycles. The van der Waals surface area contributed by atoms with Crippen molar-refractivity contribution in [3.8, 4) is 0 Å². The minimum atomic E-state index is -0.994. The van der Waals surface area contributed by atoms with E-state index in [1.807, 2.05) is 13.0 Å². The summed E-state index contributed by atoms with van der Waals surface area (Å²) in [7, 11) is 0. The second kappa shape index (κ2) is 5.95. The molecule has 0 saturated heterocycles. The van der Waals surface area contributed by atoms with E-state index in [1.54, 1.807) is 12.4 Å². The predicted molar refractivity (Wildman–Crippen MR) is 61.1 cm³/mol. The van der Waals surface area contributed by atoms with Crippen LogP contribution in [0.1, 0.15) is 11.1 Å². The van der Waals surface area contributed by atoms with Crippen molar-refractivity contribution in [2.24, 2.45) is 5.73 Å². The summed E-state index contributed by atoms with van der Waals surface area (Å²) in [6.45, 7) is 1.92. The van der Waals surface area contributed by atoms with Crippen molar-refractivity contribution in [1.29, 1.82) is 0 Å². The Bertz CT molecular complexity index is 404. The average molecular weight is 237 g/mol. The summed E-state index contributed by atoms with van der Waals surface area (Å²) in [5, 5.41) is 8.72. The lowest BCUT2D eigenvalue weighted by atomic mass is 10.2. The molecule has 6 heteroatoms. The Morgan fingerprint density at radius 1 is 1.41 bits per heavy atom. The number of carbonyl (C=O) groups excluding carboxylic acids is 1. The Balaban J connectivity index is 2.71. The lowest BCUT2D eigenvalue weighted by Crippen LogP contribution is -2.36. The quantitative estimate of drug-likeness (QED) is 0.712. The smallest absolute Gasteiger partial charge is 0.317 e. The number of hydrogen-bond donors (Lipinski definition) is 2. The molecule has 1 aromatic heterocycles. The molecule has 0 aliphatic heterocycles. The summed E-state index contributed by atoms with van der Waals surface area (Å²) in [5.41, 5.74) is 6.90. The molecule has 1 aromatic rings. The molecule has 0 fully saturated rings. The number of primary amides is 1. The molecular formula is C11H15N3O3. The third-order valence-corrected chi connectivity index (χ3v) is 2.08. The number of pyridine rings is 1. The Labute approximate surface area is 99.1 Å². The van der Waals surface area contributed by atoms with E-state index in [1.165, 1.54) is 4.90 Å². The molecule has 0 radical (unpaired) electrons. The Morgan fingerprint density at radius 3 is 2.65 bits per heavy atom. The van der Waals surface area contributed by atoms with Crippen LogP contribution in [0.25, 0.3) is 0 Å². The van der Waals surface area contributed by atoms with Gasteiger partial charge >= 0.3 is 5.97 Å². The molecule has 0 unspecified atom stereocenters. The molecule has 0 atom stereocenters. The van der Waals surface area contributed by atoms with Crippen LogP contribution in [0.15, 0.2) is 18.5 Å². The number of carbonyl (C=O) groups is 2. The van der Waals surface area contributed by atoms with E-state index in [4.69, 9.17) is 10.8 Å². The fourth-order valence-electron chi connectivity index (χ4n) is 1.54. The normalized spacial score (nSPS) is 10.5. The number of carboxylic acids is 1. The molecule has 17 heavy (non-hydrogen) atoms. The lowest BCUT2D eigenvalue weighted by molar-refractivity contribution is -0.138. The number of nitrogens with two attached hydrogens (primary N) is 1. The largest absolute Gasteiger partial charge is 0.480 e. The highest BCUT2D eigenvalue weighted by atomic mass is 16.4. The van der Waals surface area contributed by atoms with Gasteiger partial charge < -0.3 is 10.8 Å². The molecule has 0 bridgehead atoms. The van der Waals surface area contributed by atoms with Gasteiger partial charge in [0.2, 0.25) is 5.91 Å². The number of amides is 1. The van der Waals surface area contributed by atoms with Gasteiger partial charge in [-0.25, -0.2) is 0 Å². The van der Waals surface area contributed by atoms with Crippen LogP contribution in [-0.2, 0) is 16.1 Å². The van der Waals surface area contributed by atoms with E-state index in [0.29, 0.717) is 6.54 Å². The van der Waals surface area contributed by atoms with Gasteiger partial charge in [-0.3, -0.25) is 19.5 Å². The second-order valence-electron chi connectivity index (χ2n) is 3.88. The topological polar surface area (TPSA) is 96.5 Å². The number of rotatable bonds is 6. The number of aliphatic carboxylic acids is 1. The summed E-state index contributed by atoms with van der Waals surface area (Å²) < 4.78 is 0. The van der Waals surface area contributed by atoms with E-state index in [9.17, 15) is 9.59 Å². The highest BCUT2D eigenvalue weighted by molar-refractivity contribution is 5.77. The zero-order chi connectivity index (χ0) is 12.8. The second-order valence-corrected chi connectivity index (χ2v) is 3.88. The van der Waals surface area contributed by atoms with E-state index in [0.717, 1.165) is 11.1 Å². The van der Waals surface area contributed by atoms with Crippen molar-refractivity contribution in [2.45, 2.75) is 13.5 Å². The number of hydrogen-bond acceptors (Lipinski definition) is 4. The van der Waals surface area contributed by atoms with E-state index in [-0.39, 0.29) is 13.1 Å². The lowest BCUT2D eigenvalue weighted by Gasteiger charge is -2.18. The highest BCUT2D eigenvalue weighted by Crippen LogP contribution is 2.05. The molecule has 6 nitrogen and oxygen atoms in total. The summed E-state index contributed by atoms with van der Waals surface area (Å²) >= 11 is 0. The van der Waals surface area contributed by atoms with Crippen LogP contribution in [0.4, 0.5) is 0 Å². The molecule has 1 amide bonds. The first-order chi connectivity index (χ1) is 7.97. The van der Waals surface area contributed by atoms with Gasteiger partial charge in [0.15, 0.2) is 0 Å². The van der Waals surface area contributed by atoms with Crippen molar-refractivity contribution < 1.29 is 14.7 Å². The number of nitrogens with zero attached hydrogens (tertiary/aromatic N) is 2. The van der Waals surface area contributed by atoms with Gasteiger partial charge in [0.05, 0.1) is 13.1 Å². The maximum Gasteiger partial charge on any atom is 0.317 e. The van der Waals surface area contributed by atoms with Gasteiger partial charge in [-0.2, -0.15) is 0 Å². The molecule has 1 rings (SSSR count). The molecule has 92 valence electrons. The Kier molecular flexibility index (Phi) is 4.59. The summed E-state index contributed by atoms with van der Waals surface area (Å²) in [4.78, 5) is 26.9. The number of aryl methyl sites for hydroxylation is 1. The molecule has 0 aliphatic rings. The van der Waals surface area contributed by atoms with Crippen molar-refractivity contribution >= 4 is 11.9 Å². The SMILES string of the molecule is Cc1cncc(CN(CC(N)=O)CC(=O)O)c1. The molecule has 3 N–H and O–H groups in total. The maximum atomic E-state index is 10.8. The zero-order valence-corrected chi connectivity index (χ0v) is 9.59. The highest BCUT2D eigenvalue weighted by Gasteiger charge is 2.12. The maximum absolute atomic E-state index is 10.8. The van der Waals surface area contributed by atoms with Gasteiger partial charge in [0.1, 0.15) is 0 Å². The predicted octanol–water partition coefficient (Wildman–Crippen LogP) is -0.238. The van der Waals surface area contributed by atoms with Crippen molar-refractivity contribution in [1.82, 2.24) is 9.88 Å². The zero-order valence-electron chi connectivity index (χ0n) is 9.59. The third-order valence-electron chi connectivity index (χ3n) is 2.08. The fraction of sp³-hybridized carbons (Fsp3) is 0.364. The molecule has 0 aromatic carbocycles. The van der Waals surface area contributed by atoms with Crippen LogP contribution in [0.3, 0.4) is 0 Å². The van der Waals surface area contributed by atoms with Crippen LogP contribution in [0, 0.1) is 6.92 Å². The standard InChI is InChI=1S/C11H15N3O3/c1-8-2-9(4-13-3-8)5-14(6-10(12)15)7-11(16)17/h2-4H,5-7H2,1H3,(H2,12,15)(H,16,17). The van der Waals surface area contributed by atoms with Crippen LogP contribution < -0.4 is 5.73 Å². The minimum absolute atomic E-state index is 0.0831. The van der Waals surface area contributed by atoms with Gasteiger partial charge in [-0.05, 0) is 18.1 Å². The molecule has 1 heterocycles. The first-order valence-electron chi connectivity index (χ1n) is 5.10. The van der Waals surface area contributed by atoms with Crippen molar-refractivity contribution in [2.75, 3.05) is 13.1 Å². The van der Waals surface area contributed by atoms with Gasteiger partial charge in [-0.15, -0.1) is 0 Å². The van der Waals surface area contributed by atoms with Gasteiger partial charge in [-0.1, -0.05) is 6.07 Å². The van der Waals surface area contributed by atoms with Crippen LogP contribution in [0.5, 0.6) is 0 Å². The summed E-state index contributed by atoms with van der Waals surface area (Å²) in [6, 6.07) is 1.89. The van der Waals surface area contributed by atoms with Gasteiger partial charge in [0.25, 0.3) is 0 Å². The minimum Gasteiger partial charge on any atom is -0.480 e. The number of aromatic nitrogens is 1. The van der Waals surface area contributed by atoms with Crippen molar-refractivity contribution in [3.05, 3.63) is 29.6 Å². The fourth-order valence-corrected chi connectivity index (χ4v) is 1.54. The molecule has 0 aliphatic carbocycles. The van der Waals surface area contributed by atoms with Gasteiger partial charge in [0, 0.05) is 18.9 Å². The Morgan fingerprint density at radius 2 is 2.12 bits per heavy atom. The van der Waals surface area contributed by atoms with E-state index in [2.05, 4.69) is 4.98 Å². The first-order valence-corrected chi connectivity index (χ1v) is 5.10. The van der Waals surface area contributed by atoms with Crippen LogP contribution >= 0.6 is 0 Å². The average Bonchev–Trinajstić information content (AvgIpc) is 2.14. The third kappa shape index (κ3) is 5.07. The first kappa shape index (κ1) is 13.1. The monoisotopic (exact) mass is 237 g/mol. The molecule has 0 spiro atoms. The van der Waals surface area contributed by atoms with E-state index < -0.39 is 11.9 Å². The summed E-state index contributed by atoms with van der Waals surface area (Å²) in [6.07, 6.45) is 3.35. The van der Waals surface area contributed by atoms with E-state index >= 15 is 0 Å². The number of carboxylic acid groups (broad SMARTS) is 1. The van der Waals surface area contributed by atoms with Crippen LogP contribution in [0.2, 0.25) is 0 Å². The summed E-state index contributed by atoms with van der Waals surface area (Å²) in [5.74, 6) is -1.54. The Hall–Kier alpha value is -1.95. The molecular weight excluding hydrogens is 222 g/mol. The van der Waals surface area contributed by atoms with Crippen molar-refractivity contribution in [3.63, 3.8) is 0 Å².